The van der Waals surface area contributed by atoms with E-state index in [1.807, 2.05) is 0 Å². The van der Waals surface area contributed by atoms with Gasteiger partial charge in [-0.25, -0.2) is 0 Å². The van der Waals surface area contributed by atoms with Crippen LogP contribution in [0.4, 0.5) is 0 Å². The van der Waals surface area contributed by atoms with E-state index in [0.29, 0.717) is 5.56 Å². The summed E-state index contributed by atoms with van der Waals surface area (Å²) in [6.07, 6.45) is 0. The third kappa shape index (κ3) is 2.92. The maximum Gasteiger partial charge on any atom is 0.634 e. The molecule has 64 valence electrons. The van der Waals surface area contributed by atoms with Gasteiger partial charge in [-0.1, -0.05) is 12.1 Å². The quantitative estimate of drug-likeness (QED) is 0.550. The van der Waals surface area contributed by atoms with E-state index in [-0.39, 0.29) is 12.4 Å². The molecule has 0 aliphatic rings. The molecular formula is C7H9BO4. The summed E-state index contributed by atoms with van der Waals surface area (Å²) in [7, 11) is -1.77. The van der Waals surface area contributed by atoms with Crippen LogP contribution >= 0.6 is 0 Å². The number of benzene rings is 1. The Morgan fingerprint density at radius 1 is 1.33 bits per heavy atom. The number of phenols is 1. The molecule has 5 heteroatoms. The minimum atomic E-state index is -1.77. The average molecular weight is 168 g/mol. The smallest absolute Gasteiger partial charge is 0.508 e. The van der Waals surface area contributed by atoms with Crippen molar-refractivity contribution in [1.29, 1.82) is 0 Å². The molecule has 0 saturated carbocycles. The van der Waals surface area contributed by atoms with Crippen molar-refractivity contribution in [1.82, 2.24) is 0 Å². The Kier molecular flexibility index (Phi) is 3.10. The van der Waals surface area contributed by atoms with Gasteiger partial charge in [0.05, 0.1) is 6.61 Å². The largest absolute Gasteiger partial charge is 0.634 e. The molecule has 1 rings (SSSR count). The van der Waals surface area contributed by atoms with Gasteiger partial charge in [-0.15, -0.1) is 0 Å². The van der Waals surface area contributed by atoms with E-state index in [2.05, 4.69) is 4.65 Å². The Morgan fingerprint density at radius 2 is 2.08 bits per heavy atom. The Balaban J connectivity index is 2.52. The standard InChI is InChI=1S/C7H9BO4/c9-7-3-1-2-6(4-7)5-12-8(10)11/h1-4,9-11H,5H2. The van der Waals surface area contributed by atoms with Crippen LogP contribution in [0.15, 0.2) is 24.3 Å². The molecule has 0 aliphatic heterocycles. The molecule has 1 aromatic rings. The highest BCUT2D eigenvalue weighted by atomic mass is 16.6. The zero-order chi connectivity index (χ0) is 8.97. The number of phenolic OH excluding ortho intramolecular Hbond substituents is 1. The lowest BCUT2D eigenvalue weighted by molar-refractivity contribution is 0.176. The molecule has 0 spiro atoms. The molecule has 0 fully saturated rings. The van der Waals surface area contributed by atoms with Crippen LogP contribution in [0.5, 0.6) is 5.75 Å². The molecule has 0 aliphatic carbocycles. The fourth-order valence-electron chi connectivity index (χ4n) is 0.817. The first-order valence-electron chi connectivity index (χ1n) is 3.44. The lowest BCUT2D eigenvalue weighted by Crippen LogP contribution is -2.16. The van der Waals surface area contributed by atoms with Crippen molar-refractivity contribution in [2.24, 2.45) is 0 Å². The normalized spacial score (nSPS) is 9.83. The minimum absolute atomic E-state index is 0.0616. The first-order valence-corrected chi connectivity index (χ1v) is 3.44. The van der Waals surface area contributed by atoms with Crippen molar-refractivity contribution in [2.45, 2.75) is 6.61 Å². The summed E-state index contributed by atoms with van der Waals surface area (Å²) in [5.41, 5.74) is 0.683. The highest BCUT2D eigenvalue weighted by Crippen LogP contribution is 2.11. The van der Waals surface area contributed by atoms with Crippen LogP contribution in [0.2, 0.25) is 0 Å². The van der Waals surface area contributed by atoms with Crippen molar-refractivity contribution in [3.05, 3.63) is 29.8 Å². The van der Waals surface area contributed by atoms with Gasteiger partial charge in [0.1, 0.15) is 5.75 Å². The van der Waals surface area contributed by atoms with E-state index < -0.39 is 7.32 Å². The van der Waals surface area contributed by atoms with Gasteiger partial charge in [-0.05, 0) is 17.7 Å². The van der Waals surface area contributed by atoms with Crippen LogP contribution in [0.1, 0.15) is 5.56 Å². The summed E-state index contributed by atoms with van der Waals surface area (Å²) >= 11 is 0. The van der Waals surface area contributed by atoms with Gasteiger partial charge < -0.3 is 19.8 Å². The van der Waals surface area contributed by atoms with Crippen molar-refractivity contribution < 1.29 is 19.8 Å². The number of hydrogen-bond acceptors (Lipinski definition) is 4. The van der Waals surface area contributed by atoms with Crippen LogP contribution in [-0.4, -0.2) is 22.5 Å². The topological polar surface area (TPSA) is 69.9 Å². The van der Waals surface area contributed by atoms with Crippen LogP contribution in [0.25, 0.3) is 0 Å². The second-order valence-corrected chi connectivity index (χ2v) is 2.31. The molecule has 1 aromatic carbocycles. The maximum atomic E-state index is 9.00. The molecule has 0 heterocycles. The zero-order valence-corrected chi connectivity index (χ0v) is 6.34. The van der Waals surface area contributed by atoms with Gasteiger partial charge in [0.25, 0.3) is 0 Å². The SMILES string of the molecule is OB(O)OCc1cccc(O)c1. The van der Waals surface area contributed by atoms with E-state index in [0.717, 1.165) is 0 Å². The highest BCUT2D eigenvalue weighted by molar-refractivity contribution is 6.32. The van der Waals surface area contributed by atoms with Gasteiger partial charge in [0, 0.05) is 0 Å². The fraction of sp³-hybridized carbons (Fsp3) is 0.143. The predicted octanol–water partition coefficient (Wildman–Crippen LogP) is -0.122. The molecule has 4 nitrogen and oxygen atoms in total. The molecule has 0 unspecified atom stereocenters. The molecule has 0 saturated heterocycles. The van der Waals surface area contributed by atoms with Gasteiger partial charge in [0.2, 0.25) is 0 Å². The van der Waals surface area contributed by atoms with Gasteiger partial charge in [0.15, 0.2) is 0 Å². The monoisotopic (exact) mass is 168 g/mol. The number of hydrogen-bond donors (Lipinski definition) is 3. The fourth-order valence-corrected chi connectivity index (χ4v) is 0.817. The summed E-state index contributed by atoms with van der Waals surface area (Å²) in [6.45, 7) is 0.0616. The maximum absolute atomic E-state index is 9.00. The van der Waals surface area contributed by atoms with E-state index >= 15 is 0 Å². The van der Waals surface area contributed by atoms with Crippen LogP contribution < -0.4 is 0 Å². The summed E-state index contributed by atoms with van der Waals surface area (Å²) in [4.78, 5) is 0. The third-order valence-corrected chi connectivity index (χ3v) is 1.31. The lowest BCUT2D eigenvalue weighted by atomic mass is 10.2. The molecule has 0 atom stereocenters. The van der Waals surface area contributed by atoms with Crippen molar-refractivity contribution in [2.75, 3.05) is 0 Å². The second kappa shape index (κ2) is 4.11. The van der Waals surface area contributed by atoms with Crippen molar-refractivity contribution in [3.8, 4) is 5.75 Å². The Hall–Kier alpha value is -1.04. The molecule has 0 bridgehead atoms. The van der Waals surface area contributed by atoms with Crippen LogP contribution in [-0.2, 0) is 11.3 Å². The molecule has 0 radical (unpaired) electrons. The Morgan fingerprint density at radius 3 is 2.67 bits per heavy atom. The summed E-state index contributed by atoms with van der Waals surface area (Å²) in [5.74, 6) is 0.128. The van der Waals surface area contributed by atoms with Crippen LogP contribution in [0.3, 0.4) is 0 Å². The first kappa shape index (κ1) is 9.06. The van der Waals surface area contributed by atoms with E-state index in [1.54, 1.807) is 12.1 Å². The third-order valence-electron chi connectivity index (χ3n) is 1.31. The van der Waals surface area contributed by atoms with Gasteiger partial charge in [-0.2, -0.15) is 0 Å². The lowest BCUT2D eigenvalue weighted by Gasteiger charge is -2.02. The summed E-state index contributed by atoms with van der Waals surface area (Å²) < 4.78 is 4.48. The zero-order valence-electron chi connectivity index (χ0n) is 6.34. The average Bonchev–Trinajstić information content (AvgIpc) is 2.01. The number of rotatable bonds is 3. The molecule has 12 heavy (non-hydrogen) atoms. The van der Waals surface area contributed by atoms with E-state index in [1.165, 1.54) is 12.1 Å². The summed E-state index contributed by atoms with van der Waals surface area (Å²) in [6, 6.07) is 6.38. The Bertz CT molecular complexity index is 251. The molecule has 3 N–H and O–H groups in total. The van der Waals surface area contributed by atoms with E-state index in [4.69, 9.17) is 15.2 Å². The Labute approximate surface area is 70.2 Å². The minimum Gasteiger partial charge on any atom is -0.508 e. The molecular weight excluding hydrogens is 159 g/mol. The van der Waals surface area contributed by atoms with E-state index in [9.17, 15) is 0 Å². The molecule has 0 aromatic heterocycles. The van der Waals surface area contributed by atoms with Crippen molar-refractivity contribution >= 4 is 7.32 Å². The highest BCUT2D eigenvalue weighted by Gasteiger charge is 2.07. The van der Waals surface area contributed by atoms with Gasteiger partial charge in [-0.3, -0.25) is 0 Å². The summed E-state index contributed by atoms with van der Waals surface area (Å²) in [5, 5.41) is 25.7. The van der Waals surface area contributed by atoms with Crippen molar-refractivity contribution in [3.63, 3.8) is 0 Å². The first-order chi connectivity index (χ1) is 5.68. The number of aromatic hydroxyl groups is 1. The second-order valence-electron chi connectivity index (χ2n) is 2.31. The molecule has 0 amide bonds. The van der Waals surface area contributed by atoms with Crippen LogP contribution in [0, 0.1) is 0 Å². The van der Waals surface area contributed by atoms with Gasteiger partial charge >= 0.3 is 7.32 Å². The predicted molar refractivity (Wildman–Crippen MR) is 43.1 cm³/mol.